The van der Waals surface area contributed by atoms with Gasteiger partial charge < -0.3 is 5.32 Å². The van der Waals surface area contributed by atoms with Crippen LogP contribution in [0.2, 0.25) is 0 Å². The molecule has 0 aliphatic carbocycles. The zero-order valence-corrected chi connectivity index (χ0v) is 11.0. The second-order valence-electron chi connectivity index (χ2n) is 4.56. The van der Waals surface area contributed by atoms with Gasteiger partial charge in [0.1, 0.15) is 5.78 Å². The number of carbonyl (C=O) groups excluding carboxylic acids is 1. The predicted octanol–water partition coefficient (Wildman–Crippen LogP) is 2.92. The number of Topliss-reactive ketones (excluding diaryl/α,β-unsaturated/α-hetero) is 1. The molecule has 1 heterocycles. The molecule has 0 amide bonds. The number of nitrogens with one attached hydrogen (secondary N) is 1. The Kier molecular flexibility index (Phi) is 5.66. The zero-order chi connectivity index (χ0) is 11.4. The minimum absolute atomic E-state index is 0. The van der Waals surface area contributed by atoms with Gasteiger partial charge in [-0.1, -0.05) is 36.8 Å². The van der Waals surface area contributed by atoms with E-state index in [1.54, 1.807) is 6.92 Å². The van der Waals surface area contributed by atoms with Crippen LogP contribution in [0.15, 0.2) is 30.3 Å². The number of halogens is 1. The average molecular weight is 254 g/mol. The van der Waals surface area contributed by atoms with Crippen molar-refractivity contribution in [2.24, 2.45) is 0 Å². The number of rotatable bonds is 3. The lowest BCUT2D eigenvalue weighted by Gasteiger charge is -2.30. The van der Waals surface area contributed by atoms with Gasteiger partial charge in [0, 0.05) is 6.04 Å². The van der Waals surface area contributed by atoms with Crippen molar-refractivity contribution in [2.45, 2.75) is 38.1 Å². The number of ketones is 1. The molecular weight excluding hydrogens is 234 g/mol. The van der Waals surface area contributed by atoms with Gasteiger partial charge in [-0.25, -0.2) is 0 Å². The Morgan fingerprint density at radius 3 is 2.53 bits per heavy atom. The molecule has 2 rings (SSSR count). The van der Waals surface area contributed by atoms with Crippen molar-refractivity contribution >= 4 is 18.2 Å². The summed E-state index contributed by atoms with van der Waals surface area (Å²) in [6.07, 6.45) is 3.57. The Morgan fingerprint density at radius 2 is 2.00 bits per heavy atom. The van der Waals surface area contributed by atoms with E-state index in [0.717, 1.165) is 18.5 Å². The first-order valence-corrected chi connectivity index (χ1v) is 6.08. The summed E-state index contributed by atoms with van der Waals surface area (Å²) in [5, 5.41) is 3.48. The Balaban J connectivity index is 0.00000144. The minimum Gasteiger partial charge on any atom is -0.313 e. The van der Waals surface area contributed by atoms with Crippen molar-refractivity contribution in [1.29, 1.82) is 0 Å². The van der Waals surface area contributed by atoms with E-state index in [1.807, 2.05) is 18.2 Å². The van der Waals surface area contributed by atoms with Crippen molar-refractivity contribution in [3.8, 4) is 0 Å². The summed E-state index contributed by atoms with van der Waals surface area (Å²) in [4.78, 5) is 11.8. The molecule has 1 saturated heterocycles. The first-order valence-electron chi connectivity index (χ1n) is 6.08. The molecule has 2 atom stereocenters. The van der Waals surface area contributed by atoms with Gasteiger partial charge in [0.05, 0.1) is 5.92 Å². The Bertz CT molecular complexity index is 346. The molecule has 1 aliphatic rings. The molecule has 1 N–H and O–H groups in total. The van der Waals surface area contributed by atoms with Crippen LogP contribution < -0.4 is 5.32 Å². The summed E-state index contributed by atoms with van der Waals surface area (Å²) in [5.41, 5.74) is 1.15. The topological polar surface area (TPSA) is 29.1 Å². The van der Waals surface area contributed by atoms with Crippen LogP contribution in [-0.4, -0.2) is 18.4 Å². The fourth-order valence-electron chi connectivity index (χ4n) is 2.57. The lowest BCUT2D eigenvalue weighted by atomic mass is 9.84. The third-order valence-corrected chi connectivity index (χ3v) is 3.35. The molecule has 1 aliphatic heterocycles. The van der Waals surface area contributed by atoms with Gasteiger partial charge in [-0.2, -0.15) is 0 Å². The Morgan fingerprint density at radius 1 is 1.29 bits per heavy atom. The Labute approximate surface area is 109 Å². The highest BCUT2D eigenvalue weighted by molar-refractivity contribution is 5.85. The second kappa shape index (κ2) is 6.77. The van der Waals surface area contributed by atoms with Crippen LogP contribution >= 0.6 is 12.4 Å². The summed E-state index contributed by atoms with van der Waals surface area (Å²) >= 11 is 0. The summed E-state index contributed by atoms with van der Waals surface area (Å²) in [6, 6.07) is 10.5. The molecule has 1 fully saturated rings. The molecule has 0 aromatic heterocycles. The van der Waals surface area contributed by atoms with Crippen LogP contribution in [0, 0.1) is 0 Å². The highest BCUT2D eigenvalue weighted by Gasteiger charge is 2.27. The van der Waals surface area contributed by atoms with Gasteiger partial charge in [0.15, 0.2) is 0 Å². The highest BCUT2D eigenvalue weighted by Crippen LogP contribution is 2.25. The summed E-state index contributed by atoms with van der Waals surface area (Å²) < 4.78 is 0. The maximum Gasteiger partial charge on any atom is 0.138 e. The van der Waals surface area contributed by atoms with Gasteiger partial charge >= 0.3 is 0 Å². The first kappa shape index (κ1) is 14.2. The highest BCUT2D eigenvalue weighted by atomic mass is 35.5. The van der Waals surface area contributed by atoms with E-state index in [4.69, 9.17) is 0 Å². The van der Waals surface area contributed by atoms with Crippen LogP contribution in [0.3, 0.4) is 0 Å². The van der Waals surface area contributed by atoms with Crippen LogP contribution in [-0.2, 0) is 4.79 Å². The first-order chi connectivity index (χ1) is 7.79. The molecule has 17 heavy (non-hydrogen) atoms. The molecule has 0 saturated carbocycles. The van der Waals surface area contributed by atoms with Crippen LogP contribution in [0.1, 0.15) is 37.7 Å². The zero-order valence-electron chi connectivity index (χ0n) is 10.2. The normalized spacial score (nSPS) is 21.4. The van der Waals surface area contributed by atoms with Gasteiger partial charge in [-0.15, -0.1) is 12.4 Å². The van der Waals surface area contributed by atoms with Crippen molar-refractivity contribution in [2.75, 3.05) is 6.54 Å². The molecule has 1 aromatic carbocycles. The molecule has 0 unspecified atom stereocenters. The summed E-state index contributed by atoms with van der Waals surface area (Å²) in [5.74, 6) is 0.298. The van der Waals surface area contributed by atoms with Crippen LogP contribution in [0.4, 0.5) is 0 Å². The van der Waals surface area contributed by atoms with E-state index in [9.17, 15) is 4.79 Å². The third-order valence-electron chi connectivity index (χ3n) is 3.35. The lowest BCUT2D eigenvalue weighted by molar-refractivity contribution is -0.119. The molecule has 94 valence electrons. The average Bonchev–Trinajstić information content (AvgIpc) is 2.31. The monoisotopic (exact) mass is 253 g/mol. The van der Waals surface area contributed by atoms with Gasteiger partial charge in [-0.05, 0) is 31.9 Å². The molecule has 2 nitrogen and oxygen atoms in total. The van der Waals surface area contributed by atoms with E-state index in [-0.39, 0.29) is 24.1 Å². The smallest absolute Gasteiger partial charge is 0.138 e. The standard InChI is InChI=1S/C14H19NO.ClH/c1-11(16)14(12-7-3-2-4-8-12)13-9-5-6-10-15-13;/h2-4,7-8,13-15H,5-6,9-10H2,1H3;1H/t13-,14-;/m1./s1. The number of piperidine rings is 1. The van der Waals surface area contributed by atoms with E-state index >= 15 is 0 Å². The number of hydrogen-bond acceptors (Lipinski definition) is 2. The van der Waals surface area contributed by atoms with E-state index in [2.05, 4.69) is 17.4 Å². The van der Waals surface area contributed by atoms with E-state index in [0.29, 0.717) is 6.04 Å². The fraction of sp³-hybridized carbons (Fsp3) is 0.500. The second-order valence-corrected chi connectivity index (χ2v) is 4.56. The van der Waals surface area contributed by atoms with Gasteiger partial charge in [0.2, 0.25) is 0 Å². The lowest BCUT2D eigenvalue weighted by Crippen LogP contribution is -2.41. The van der Waals surface area contributed by atoms with Gasteiger partial charge in [0.25, 0.3) is 0 Å². The van der Waals surface area contributed by atoms with Crippen molar-refractivity contribution < 1.29 is 4.79 Å². The predicted molar refractivity (Wildman–Crippen MR) is 72.8 cm³/mol. The molecular formula is C14H20ClNO. The SMILES string of the molecule is CC(=O)[C@H](c1ccccc1)[C@H]1CCCCN1.Cl. The van der Waals surface area contributed by atoms with Crippen molar-refractivity contribution in [3.05, 3.63) is 35.9 Å². The number of carbonyl (C=O) groups is 1. The van der Waals surface area contributed by atoms with Crippen LogP contribution in [0.5, 0.6) is 0 Å². The van der Waals surface area contributed by atoms with Crippen molar-refractivity contribution in [1.82, 2.24) is 5.32 Å². The molecule has 0 bridgehead atoms. The number of hydrogen-bond donors (Lipinski definition) is 1. The van der Waals surface area contributed by atoms with Crippen LogP contribution in [0.25, 0.3) is 0 Å². The molecule has 1 aromatic rings. The minimum atomic E-state index is 0. The van der Waals surface area contributed by atoms with Gasteiger partial charge in [-0.3, -0.25) is 4.79 Å². The molecule has 3 heteroatoms. The van der Waals surface area contributed by atoms with E-state index in [1.165, 1.54) is 12.8 Å². The maximum atomic E-state index is 11.8. The third kappa shape index (κ3) is 3.55. The maximum absolute atomic E-state index is 11.8. The Hall–Kier alpha value is -0.860. The fourth-order valence-corrected chi connectivity index (χ4v) is 2.57. The molecule has 0 spiro atoms. The van der Waals surface area contributed by atoms with E-state index < -0.39 is 0 Å². The molecule has 0 radical (unpaired) electrons. The summed E-state index contributed by atoms with van der Waals surface area (Å²) in [6.45, 7) is 2.75. The largest absolute Gasteiger partial charge is 0.313 e. The van der Waals surface area contributed by atoms with Crippen molar-refractivity contribution in [3.63, 3.8) is 0 Å². The quantitative estimate of drug-likeness (QED) is 0.898. The number of benzene rings is 1. The summed E-state index contributed by atoms with van der Waals surface area (Å²) in [7, 11) is 0.